The first-order chi connectivity index (χ1) is 15.7. The largest absolute Gasteiger partial charge is 0.463 e. The Morgan fingerprint density at radius 3 is 1.09 bits per heavy atom. The van der Waals surface area contributed by atoms with Gasteiger partial charge in [0.15, 0.2) is 0 Å². The van der Waals surface area contributed by atoms with E-state index in [1.54, 1.807) is 13.8 Å². The lowest BCUT2D eigenvalue weighted by Gasteiger charge is -2.18. The summed E-state index contributed by atoms with van der Waals surface area (Å²) in [4.78, 5) is 47.6. The number of ether oxygens (including phenoxy) is 3. The summed E-state index contributed by atoms with van der Waals surface area (Å²) in [6.45, 7) is 11.8. The van der Waals surface area contributed by atoms with E-state index in [-0.39, 0.29) is 73.6 Å². The number of Topliss-reactive ketones (excluding diaryl/α,β-unsaturated/α-hetero) is 2. The topological polar surface area (TPSA) is 96.0 Å². The Morgan fingerprint density at radius 1 is 0.515 bits per heavy atom. The van der Waals surface area contributed by atoms with Crippen LogP contribution in [0.5, 0.6) is 0 Å². The summed E-state index contributed by atoms with van der Waals surface area (Å²) in [5.41, 5.74) is 0. The molecule has 0 aromatic carbocycles. The fourth-order valence-corrected chi connectivity index (χ4v) is 3.91. The van der Waals surface area contributed by atoms with Crippen molar-refractivity contribution >= 4 is 23.5 Å². The first-order valence-electron chi connectivity index (χ1n) is 12.6. The maximum absolute atomic E-state index is 12.3. The van der Waals surface area contributed by atoms with Gasteiger partial charge in [-0.3, -0.25) is 19.2 Å². The molecule has 0 spiro atoms. The highest BCUT2D eigenvalue weighted by Crippen LogP contribution is 2.21. The molecule has 0 N–H and O–H groups in total. The van der Waals surface area contributed by atoms with Gasteiger partial charge in [0, 0.05) is 11.8 Å². The van der Waals surface area contributed by atoms with Crippen LogP contribution in [0.1, 0.15) is 92.9 Å². The molecule has 0 saturated heterocycles. The van der Waals surface area contributed by atoms with Gasteiger partial charge >= 0.3 is 11.9 Å². The van der Waals surface area contributed by atoms with Gasteiger partial charge in [-0.25, -0.2) is 0 Å². The van der Waals surface area contributed by atoms with E-state index in [0.717, 1.165) is 12.8 Å². The zero-order valence-electron chi connectivity index (χ0n) is 21.7. The Kier molecular flexibility index (Phi) is 17.6. The minimum Gasteiger partial charge on any atom is -0.463 e. The van der Waals surface area contributed by atoms with Gasteiger partial charge in [0.25, 0.3) is 0 Å². The van der Waals surface area contributed by atoms with Crippen molar-refractivity contribution in [3.05, 3.63) is 0 Å². The normalized spacial score (nSPS) is 14.7. The number of hydrogen-bond donors (Lipinski definition) is 0. The third-order valence-corrected chi connectivity index (χ3v) is 6.46. The number of carbonyl (C=O) groups excluding carboxylic acids is 4. The lowest BCUT2D eigenvalue weighted by atomic mass is 9.90. The molecule has 0 radical (unpaired) electrons. The van der Waals surface area contributed by atoms with Crippen LogP contribution in [0.3, 0.4) is 0 Å². The van der Waals surface area contributed by atoms with Crippen LogP contribution < -0.4 is 0 Å². The molecule has 0 aliphatic rings. The lowest BCUT2D eigenvalue weighted by Crippen LogP contribution is -2.23. The molecule has 0 fully saturated rings. The highest BCUT2D eigenvalue weighted by Gasteiger charge is 2.22. The predicted molar refractivity (Wildman–Crippen MR) is 128 cm³/mol. The van der Waals surface area contributed by atoms with Crippen LogP contribution in [0.15, 0.2) is 0 Å². The maximum Gasteiger partial charge on any atom is 0.308 e. The van der Waals surface area contributed by atoms with Crippen molar-refractivity contribution in [1.82, 2.24) is 0 Å². The number of ketones is 2. The molecule has 0 heterocycles. The van der Waals surface area contributed by atoms with Crippen molar-refractivity contribution in [2.24, 2.45) is 23.7 Å². The summed E-state index contributed by atoms with van der Waals surface area (Å²) in [6.07, 6.45) is 5.62. The fraction of sp³-hybridized carbons (Fsp3) is 0.846. The molecule has 0 amide bonds. The summed E-state index contributed by atoms with van der Waals surface area (Å²) >= 11 is 0. The Hall–Kier alpha value is -1.76. The van der Waals surface area contributed by atoms with E-state index in [4.69, 9.17) is 14.2 Å². The standard InChI is InChI=1S/C26H46O7/c1-7-21(19(5)27)11-13-23(9-3)25(29)32-17-15-31-16-18-33-26(30)24(10-4)14-12-22(8-2)20(6)28/h21-24H,7-18H2,1-6H3. The number of esters is 2. The molecular weight excluding hydrogens is 424 g/mol. The average Bonchev–Trinajstić information content (AvgIpc) is 2.78. The molecule has 7 heteroatoms. The first-order valence-corrected chi connectivity index (χ1v) is 12.6. The SMILES string of the molecule is CCC(CCC(CC)C(=O)OCCOCCOC(=O)C(CC)CCC(CC)C(C)=O)C(C)=O. The summed E-state index contributed by atoms with van der Waals surface area (Å²) in [5.74, 6) is -0.580. The third kappa shape index (κ3) is 13.5. The van der Waals surface area contributed by atoms with E-state index < -0.39 is 0 Å². The molecule has 0 rings (SSSR count). The molecule has 0 aliphatic carbocycles. The van der Waals surface area contributed by atoms with Gasteiger partial charge in [-0.1, -0.05) is 27.7 Å². The van der Waals surface area contributed by atoms with Gasteiger partial charge in [-0.15, -0.1) is 0 Å². The van der Waals surface area contributed by atoms with Gasteiger partial charge in [0.1, 0.15) is 24.8 Å². The summed E-state index contributed by atoms with van der Waals surface area (Å²) < 4.78 is 16.0. The van der Waals surface area contributed by atoms with Crippen molar-refractivity contribution in [2.45, 2.75) is 92.9 Å². The summed E-state index contributed by atoms with van der Waals surface area (Å²) in [7, 11) is 0. The molecular formula is C26H46O7. The Balaban J connectivity index is 4.07. The molecule has 192 valence electrons. The molecule has 0 bridgehead atoms. The second-order valence-corrected chi connectivity index (χ2v) is 8.74. The second-order valence-electron chi connectivity index (χ2n) is 8.74. The lowest BCUT2D eigenvalue weighted by molar-refractivity contribution is -0.152. The molecule has 0 aromatic heterocycles. The number of hydrogen-bond acceptors (Lipinski definition) is 7. The fourth-order valence-electron chi connectivity index (χ4n) is 3.91. The van der Waals surface area contributed by atoms with E-state index >= 15 is 0 Å². The van der Waals surface area contributed by atoms with Gasteiger partial charge in [0.05, 0.1) is 25.0 Å². The quantitative estimate of drug-likeness (QED) is 0.184. The van der Waals surface area contributed by atoms with Crippen molar-refractivity contribution in [3.63, 3.8) is 0 Å². The smallest absolute Gasteiger partial charge is 0.308 e. The highest BCUT2D eigenvalue weighted by atomic mass is 16.6. The second kappa shape index (κ2) is 18.6. The zero-order valence-corrected chi connectivity index (χ0v) is 21.7. The zero-order chi connectivity index (χ0) is 25.2. The Labute approximate surface area is 200 Å². The van der Waals surface area contributed by atoms with Crippen molar-refractivity contribution < 1.29 is 33.4 Å². The Morgan fingerprint density at radius 2 is 0.818 bits per heavy atom. The molecule has 4 atom stereocenters. The van der Waals surface area contributed by atoms with Gasteiger partial charge in [0.2, 0.25) is 0 Å². The van der Waals surface area contributed by atoms with Crippen LogP contribution in [-0.2, 0) is 33.4 Å². The number of carbonyl (C=O) groups is 4. The summed E-state index contributed by atoms with van der Waals surface area (Å²) in [6, 6.07) is 0. The minimum atomic E-state index is -0.257. The van der Waals surface area contributed by atoms with E-state index in [1.165, 1.54) is 0 Å². The Bertz CT molecular complexity index is 537. The molecule has 33 heavy (non-hydrogen) atoms. The number of rotatable bonds is 20. The van der Waals surface area contributed by atoms with E-state index in [0.29, 0.717) is 38.5 Å². The van der Waals surface area contributed by atoms with E-state index in [2.05, 4.69) is 0 Å². The van der Waals surface area contributed by atoms with Crippen molar-refractivity contribution in [2.75, 3.05) is 26.4 Å². The first kappa shape index (κ1) is 31.2. The molecule has 0 aromatic rings. The molecule has 0 aliphatic heterocycles. The van der Waals surface area contributed by atoms with Crippen molar-refractivity contribution in [3.8, 4) is 0 Å². The third-order valence-electron chi connectivity index (χ3n) is 6.46. The predicted octanol–water partition coefficient (Wildman–Crippen LogP) is 4.93. The van der Waals surface area contributed by atoms with Crippen LogP contribution in [0.4, 0.5) is 0 Å². The monoisotopic (exact) mass is 470 g/mol. The molecule has 4 unspecified atom stereocenters. The van der Waals surface area contributed by atoms with Crippen LogP contribution in [0.25, 0.3) is 0 Å². The highest BCUT2D eigenvalue weighted by molar-refractivity contribution is 5.79. The average molecular weight is 471 g/mol. The van der Waals surface area contributed by atoms with Crippen LogP contribution in [0.2, 0.25) is 0 Å². The van der Waals surface area contributed by atoms with Crippen LogP contribution in [0, 0.1) is 23.7 Å². The van der Waals surface area contributed by atoms with Gasteiger partial charge in [-0.05, 0) is 65.2 Å². The minimum absolute atomic E-state index is 0.00686. The molecule has 0 saturated carbocycles. The van der Waals surface area contributed by atoms with Gasteiger partial charge in [-0.2, -0.15) is 0 Å². The van der Waals surface area contributed by atoms with Crippen LogP contribution in [-0.4, -0.2) is 49.9 Å². The van der Waals surface area contributed by atoms with E-state index in [1.807, 2.05) is 27.7 Å². The van der Waals surface area contributed by atoms with Crippen LogP contribution >= 0.6 is 0 Å². The summed E-state index contributed by atoms with van der Waals surface area (Å²) in [5, 5.41) is 0. The van der Waals surface area contributed by atoms with E-state index in [9.17, 15) is 19.2 Å². The van der Waals surface area contributed by atoms with Crippen molar-refractivity contribution in [1.29, 1.82) is 0 Å². The maximum atomic E-state index is 12.3. The molecule has 7 nitrogen and oxygen atoms in total. The van der Waals surface area contributed by atoms with Gasteiger partial charge < -0.3 is 14.2 Å².